The van der Waals surface area contributed by atoms with Crippen molar-refractivity contribution in [3.05, 3.63) is 35.4 Å². The fourth-order valence-corrected chi connectivity index (χ4v) is 2.11. The number of aliphatic hydroxyl groups is 1. The minimum absolute atomic E-state index is 0.00849. The molecule has 0 saturated carbocycles. The van der Waals surface area contributed by atoms with Gasteiger partial charge in [0.15, 0.2) is 0 Å². The lowest BCUT2D eigenvalue weighted by Crippen LogP contribution is -2.46. The molecule has 0 bridgehead atoms. The summed E-state index contributed by atoms with van der Waals surface area (Å²) < 4.78 is 42.9. The van der Waals surface area contributed by atoms with Gasteiger partial charge in [0.25, 0.3) is 5.91 Å². The standard InChI is InChI=1S/C14H16F3NO3/c15-14(16,17)11-3-1-2-10(8-11)12(19)18-9-13(20)4-6-21-7-5-13/h1-3,8,20H,4-7,9H2,(H,18,19). The maximum atomic E-state index is 12.6. The van der Waals surface area contributed by atoms with E-state index in [1.165, 1.54) is 12.1 Å². The van der Waals surface area contributed by atoms with Crippen LogP contribution in [-0.4, -0.2) is 36.4 Å². The molecule has 2 rings (SSSR count). The number of halogens is 3. The first-order chi connectivity index (χ1) is 9.80. The molecule has 0 atom stereocenters. The Hall–Kier alpha value is -1.60. The van der Waals surface area contributed by atoms with Gasteiger partial charge in [-0.2, -0.15) is 13.2 Å². The summed E-state index contributed by atoms with van der Waals surface area (Å²) in [5.74, 6) is -0.638. The van der Waals surface area contributed by atoms with Crippen molar-refractivity contribution in [2.24, 2.45) is 0 Å². The van der Waals surface area contributed by atoms with Crippen molar-refractivity contribution in [1.82, 2.24) is 5.32 Å². The molecule has 1 fully saturated rings. The third kappa shape index (κ3) is 4.18. The van der Waals surface area contributed by atoms with Crippen LogP contribution in [0.15, 0.2) is 24.3 Å². The first-order valence-corrected chi connectivity index (χ1v) is 6.56. The van der Waals surface area contributed by atoms with Crippen molar-refractivity contribution < 1.29 is 27.8 Å². The average molecular weight is 303 g/mol. The molecular formula is C14H16F3NO3. The highest BCUT2D eigenvalue weighted by atomic mass is 19.4. The van der Waals surface area contributed by atoms with Gasteiger partial charge in [-0.1, -0.05) is 6.07 Å². The molecule has 7 heteroatoms. The molecule has 1 aliphatic heterocycles. The number of carbonyl (C=O) groups excluding carboxylic acids is 1. The third-order valence-electron chi connectivity index (χ3n) is 3.45. The largest absolute Gasteiger partial charge is 0.416 e. The fraction of sp³-hybridized carbons (Fsp3) is 0.500. The Bertz CT molecular complexity index is 510. The third-order valence-corrected chi connectivity index (χ3v) is 3.45. The van der Waals surface area contributed by atoms with Gasteiger partial charge in [-0.3, -0.25) is 4.79 Å². The zero-order valence-corrected chi connectivity index (χ0v) is 11.2. The van der Waals surface area contributed by atoms with E-state index in [-0.39, 0.29) is 12.1 Å². The molecule has 1 saturated heterocycles. The van der Waals surface area contributed by atoms with Gasteiger partial charge in [0, 0.05) is 38.2 Å². The van der Waals surface area contributed by atoms with Crippen molar-refractivity contribution in [2.45, 2.75) is 24.6 Å². The quantitative estimate of drug-likeness (QED) is 0.897. The summed E-state index contributed by atoms with van der Waals surface area (Å²) in [7, 11) is 0. The first-order valence-electron chi connectivity index (χ1n) is 6.56. The van der Waals surface area contributed by atoms with Crippen molar-refractivity contribution in [3.8, 4) is 0 Å². The number of hydrogen-bond acceptors (Lipinski definition) is 3. The van der Waals surface area contributed by atoms with E-state index in [0.717, 1.165) is 12.1 Å². The summed E-state index contributed by atoms with van der Waals surface area (Å²) in [5.41, 5.74) is -2.02. The van der Waals surface area contributed by atoms with Crippen LogP contribution in [0.3, 0.4) is 0 Å². The lowest BCUT2D eigenvalue weighted by molar-refractivity contribution is -0.137. The monoisotopic (exact) mass is 303 g/mol. The van der Waals surface area contributed by atoms with E-state index >= 15 is 0 Å². The zero-order valence-electron chi connectivity index (χ0n) is 11.2. The Balaban J connectivity index is 2.00. The number of ether oxygens (including phenoxy) is 1. The van der Waals surface area contributed by atoms with Crippen LogP contribution in [0, 0.1) is 0 Å². The molecule has 4 nitrogen and oxygen atoms in total. The van der Waals surface area contributed by atoms with Crippen molar-refractivity contribution in [3.63, 3.8) is 0 Å². The molecule has 0 aliphatic carbocycles. The van der Waals surface area contributed by atoms with E-state index in [4.69, 9.17) is 4.74 Å². The highest BCUT2D eigenvalue weighted by molar-refractivity contribution is 5.94. The van der Waals surface area contributed by atoms with E-state index in [2.05, 4.69) is 5.32 Å². The number of benzene rings is 1. The molecule has 21 heavy (non-hydrogen) atoms. The molecule has 0 unspecified atom stereocenters. The number of rotatable bonds is 3. The Kier molecular flexibility index (Phi) is 4.53. The van der Waals surface area contributed by atoms with E-state index in [1.54, 1.807) is 0 Å². The number of alkyl halides is 3. The van der Waals surface area contributed by atoms with Crippen LogP contribution in [0.5, 0.6) is 0 Å². The SMILES string of the molecule is O=C(NCC1(O)CCOCC1)c1cccc(C(F)(F)F)c1. The van der Waals surface area contributed by atoms with Crippen LogP contribution in [0.25, 0.3) is 0 Å². The van der Waals surface area contributed by atoms with Crippen LogP contribution >= 0.6 is 0 Å². The Morgan fingerprint density at radius 2 is 2.00 bits per heavy atom. The normalized spacial score (nSPS) is 18.3. The predicted octanol–water partition coefficient (Wildman–Crippen LogP) is 1.98. The molecule has 2 N–H and O–H groups in total. The molecule has 1 aliphatic rings. The maximum absolute atomic E-state index is 12.6. The van der Waals surface area contributed by atoms with E-state index in [1.807, 2.05) is 0 Å². The van der Waals surface area contributed by atoms with Gasteiger partial charge in [0.2, 0.25) is 0 Å². The fourth-order valence-electron chi connectivity index (χ4n) is 2.11. The predicted molar refractivity (Wildman–Crippen MR) is 68.8 cm³/mol. The van der Waals surface area contributed by atoms with E-state index in [9.17, 15) is 23.1 Å². The molecule has 0 radical (unpaired) electrons. The number of carbonyl (C=O) groups is 1. The summed E-state index contributed by atoms with van der Waals surface area (Å²) >= 11 is 0. The molecule has 1 heterocycles. The van der Waals surface area contributed by atoms with Gasteiger partial charge >= 0.3 is 6.18 Å². The Morgan fingerprint density at radius 1 is 1.33 bits per heavy atom. The number of hydrogen-bond donors (Lipinski definition) is 2. The van der Waals surface area contributed by atoms with Gasteiger partial charge in [0.05, 0.1) is 11.2 Å². The van der Waals surface area contributed by atoms with Gasteiger partial charge in [-0.15, -0.1) is 0 Å². The second kappa shape index (κ2) is 6.03. The molecule has 116 valence electrons. The van der Waals surface area contributed by atoms with Crippen molar-refractivity contribution >= 4 is 5.91 Å². The molecular weight excluding hydrogens is 287 g/mol. The smallest absolute Gasteiger partial charge is 0.388 e. The second-order valence-corrected chi connectivity index (χ2v) is 5.10. The van der Waals surface area contributed by atoms with Crippen LogP contribution in [0.1, 0.15) is 28.8 Å². The lowest BCUT2D eigenvalue weighted by atomic mass is 9.94. The summed E-state index contributed by atoms with van der Waals surface area (Å²) in [4.78, 5) is 11.9. The van der Waals surface area contributed by atoms with Gasteiger partial charge in [-0.25, -0.2) is 0 Å². The molecule has 1 aromatic rings. The molecule has 1 amide bonds. The maximum Gasteiger partial charge on any atom is 0.416 e. The van der Waals surface area contributed by atoms with Gasteiger partial charge in [0.1, 0.15) is 0 Å². The average Bonchev–Trinajstić information content (AvgIpc) is 2.45. The van der Waals surface area contributed by atoms with Crippen LogP contribution < -0.4 is 5.32 Å². The van der Waals surface area contributed by atoms with Crippen LogP contribution in [0.2, 0.25) is 0 Å². The molecule has 0 aromatic heterocycles. The van der Waals surface area contributed by atoms with Gasteiger partial charge < -0.3 is 15.2 Å². The first kappa shape index (κ1) is 15.8. The number of amides is 1. The Morgan fingerprint density at radius 3 is 2.62 bits per heavy atom. The van der Waals surface area contributed by atoms with E-state index in [0.29, 0.717) is 26.1 Å². The van der Waals surface area contributed by atoms with Crippen LogP contribution in [-0.2, 0) is 10.9 Å². The highest BCUT2D eigenvalue weighted by Gasteiger charge is 2.32. The molecule has 0 spiro atoms. The van der Waals surface area contributed by atoms with E-state index < -0.39 is 23.2 Å². The summed E-state index contributed by atoms with van der Waals surface area (Å²) in [6, 6.07) is 4.19. The van der Waals surface area contributed by atoms with Crippen molar-refractivity contribution in [1.29, 1.82) is 0 Å². The van der Waals surface area contributed by atoms with Crippen LogP contribution in [0.4, 0.5) is 13.2 Å². The minimum atomic E-state index is -4.49. The summed E-state index contributed by atoms with van der Waals surface area (Å²) in [6.07, 6.45) is -3.72. The zero-order chi connectivity index (χ0) is 15.5. The van der Waals surface area contributed by atoms with Crippen molar-refractivity contribution in [2.75, 3.05) is 19.8 Å². The summed E-state index contributed by atoms with van der Waals surface area (Å²) in [5, 5.41) is 12.7. The summed E-state index contributed by atoms with van der Waals surface area (Å²) in [6.45, 7) is 0.789. The number of nitrogens with one attached hydrogen (secondary N) is 1. The topological polar surface area (TPSA) is 58.6 Å². The highest BCUT2D eigenvalue weighted by Crippen LogP contribution is 2.29. The second-order valence-electron chi connectivity index (χ2n) is 5.10. The lowest BCUT2D eigenvalue weighted by Gasteiger charge is -2.32. The minimum Gasteiger partial charge on any atom is -0.388 e. The Labute approximate surface area is 119 Å². The molecule has 1 aromatic carbocycles. The van der Waals surface area contributed by atoms with Gasteiger partial charge in [-0.05, 0) is 18.2 Å².